The van der Waals surface area contributed by atoms with Gasteiger partial charge in [-0.25, -0.2) is 34.9 Å². The van der Waals surface area contributed by atoms with Gasteiger partial charge in [0.15, 0.2) is 29.1 Å². The molecule has 0 aliphatic carbocycles. The van der Waals surface area contributed by atoms with Crippen LogP contribution in [0, 0.1) is 0 Å². The van der Waals surface area contributed by atoms with Gasteiger partial charge in [0.2, 0.25) is 0 Å². The first-order valence-electron chi connectivity index (χ1n) is 19.7. The lowest BCUT2D eigenvalue weighted by molar-refractivity contribution is 1.07. The van der Waals surface area contributed by atoms with Gasteiger partial charge in [0.05, 0.1) is 0 Å². The molecule has 0 saturated carbocycles. The maximum Gasteiger partial charge on any atom is 0.164 e. The molecule has 7 heteroatoms. The standard InChI is InChI=1S/C53H35N7/c1-2-10-38(11-3-1)51-58-52(47-18-6-16-45(34-47)43-14-4-12-41(32-43)36-20-24-39(25-21-36)49-54-28-8-29-55-49)60-53(59-51)48-19-7-17-46(35-48)44-15-5-13-42(33-44)37-22-26-40(27-23-37)50-56-30-9-31-57-50/h1-35H. The van der Waals surface area contributed by atoms with Crippen LogP contribution < -0.4 is 0 Å². The molecule has 0 fully saturated rings. The average molecular weight is 770 g/mol. The number of nitrogens with zero attached hydrogens (tertiary/aromatic N) is 7. The summed E-state index contributed by atoms with van der Waals surface area (Å²) in [6.07, 6.45) is 7.04. The molecule has 0 aliphatic rings. The summed E-state index contributed by atoms with van der Waals surface area (Å²) in [4.78, 5) is 32.8. The van der Waals surface area contributed by atoms with Gasteiger partial charge >= 0.3 is 0 Å². The predicted molar refractivity (Wildman–Crippen MR) is 240 cm³/mol. The lowest BCUT2D eigenvalue weighted by atomic mass is 9.97. The van der Waals surface area contributed by atoms with Crippen molar-refractivity contribution in [2.24, 2.45) is 0 Å². The zero-order valence-electron chi connectivity index (χ0n) is 32.3. The van der Waals surface area contributed by atoms with Crippen molar-refractivity contribution in [3.8, 4) is 101 Å². The molecule has 0 radical (unpaired) electrons. The molecule has 0 bridgehead atoms. The Morgan fingerprint density at radius 1 is 0.183 bits per heavy atom. The maximum atomic E-state index is 5.12. The average Bonchev–Trinajstić information content (AvgIpc) is 3.35. The Morgan fingerprint density at radius 2 is 0.450 bits per heavy atom. The molecule has 0 N–H and O–H groups in total. The van der Waals surface area contributed by atoms with Crippen LogP contribution in [0.3, 0.4) is 0 Å². The summed E-state index contributed by atoms with van der Waals surface area (Å²) in [5.41, 5.74) is 13.5. The monoisotopic (exact) mass is 769 g/mol. The summed E-state index contributed by atoms with van der Waals surface area (Å²) < 4.78 is 0. The summed E-state index contributed by atoms with van der Waals surface area (Å²) in [5.74, 6) is 3.24. The van der Waals surface area contributed by atoms with E-state index >= 15 is 0 Å². The number of hydrogen-bond acceptors (Lipinski definition) is 7. The molecule has 10 rings (SSSR count). The molecule has 0 amide bonds. The van der Waals surface area contributed by atoms with E-state index in [0.29, 0.717) is 29.1 Å². The minimum atomic E-state index is 0.604. The molecule has 7 aromatic carbocycles. The Labute approximate surface area is 347 Å². The first-order chi connectivity index (χ1) is 29.7. The minimum absolute atomic E-state index is 0.604. The van der Waals surface area contributed by atoms with Crippen molar-refractivity contribution in [3.63, 3.8) is 0 Å². The number of benzene rings is 7. The third-order valence-electron chi connectivity index (χ3n) is 10.4. The highest BCUT2D eigenvalue weighted by atomic mass is 15.0. The van der Waals surface area contributed by atoms with Crippen molar-refractivity contribution < 1.29 is 0 Å². The molecular formula is C53H35N7. The van der Waals surface area contributed by atoms with E-state index in [9.17, 15) is 0 Å². The molecule has 10 aromatic rings. The molecule has 7 nitrogen and oxygen atoms in total. The molecule has 0 saturated heterocycles. The van der Waals surface area contributed by atoms with E-state index in [1.54, 1.807) is 24.8 Å². The van der Waals surface area contributed by atoms with Crippen LogP contribution in [0.2, 0.25) is 0 Å². The Morgan fingerprint density at radius 3 is 0.833 bits per heavy atom. The van der Waals surface area contributed by atoms with Crippen molar-refractivity contribution in [2.75, 3.05) is 0 Å². The molecule has 3 heterocycles. The van der Waals surface area contributed by atoms with Crippen molar-refractivity contribution in [3.05, 3.63) is 213 Å². The molecule has 0 spiro atoms. The van der Waals surface area contributed by atoms with Crippen LogP contribution in [-0.4, -0.2) is 34.9 Å². The highest BCUT2D eigenvalue weighted by Gasteiger charge is 2.15. The smallest absolute Gasteiger partial charge is 0.164 e. The van der Waals surface area contributed by atoms with Gasteiger partial charge in [0, 0.05) is 52.6 Å². The Hall–Kier alpha value is -8.29. The topological polar surface area (TPSA) is 90.2 Å². The van der Waals surface area contributed by atoms with E-state index in [0.717, 1.165) is 72.3 Å². The van der Waals surface area contributed by atoms with Gasteiger partial charge in [-0.3, -0.25) is 0 Å². The largest absolute Gasteiger partial charge is 0.237 e. The van der Waals surface area contributed by atoms with E-state index in [2.05, 4.69) is 166 Å². The van der Waals surface area contributed by atoms with Gasteiger partial charge in [0.1, 0.15) is 0 Å². The number of aromatic nitrogens is 7. The lowest BCUT2D eigenvalue weighted by Gasteiger charge is -2.11. The molecule has 3 aromatic heterocycles. The van der Waals surface area contributed by atoms with E-state index < -0.39 is 0 Å². The van der Waals surface area contributed by atoms with Gasteiger partial charge in [-0.05, 0) is 80.9 Å². The van der Waals surface area contributed by atoms with Crippen molar-refractivity contribution in [1.82, 2.24) is 34.9 Å². The summed E-state index contributed by atoms with van der Waals surface area (Å²) in [7, 11) is 0. The third kappa shape index (κ3) is 7.71. The maximum absolute atomic E-state index is 5.12. The second-order valence-electron chi connectivity index (χ2n) is 14.3. The van der Waals surface area contributed by atoms with E-state index in [4.69, 9.17) is 15.0 Å². The molecular weight excluding hydrogens is 735 g/mol. The predicted octanol–water partition coefficient (Wildman–Crippen LogP) is 12.5. The highest BCUT2D eigenvalue weighted by molar-refractivity contribution is 5.79. The minimum Gasteiger partial charge on any atom is -0.237 e. The zero-order valence-corrected chi connectivity index (χ0v) is 32.3. The normalized spacial score (nSPS) is 11.0. The number of rotatable bonds is 9. The van der Waals surface area contributed by atoms with Gasteiger partial charge in [0.25, 0.3) is 0 Å². The van der Waals surface area contributed by atoms with Crippen LogP contribution in [0.5, 0.6) is 0 Å². The molecule has 0 unspecified atom stereocenters. The molecule has 60 heavy (non-hydrogen) atoms. The van der Waals surface area contributed by atoms with Gasteiger partial charge in [-0.15, -0.1) is 0 Å². The molecule has 0 aliphatic heterocycles. The van der Waals surface area contributed by atoms with E-state index in [1.165, 1.54) is 0 Å². The van der Waals surface area contributed by atoms with Crippen LogP contribution in [-0.2, 0) is 0 Å². The second-order valence-corrected chi connectivity index (χ2v) is 14.3. The molecule has 0 atom stereocenters. The van der Waals surface area contributed by atoms with Crippen LogP contribution in [0.1, 0.15) is 0 Å². The van der Waals surface area contributed by atoms with Crippen molar-refractivity contribution in [1.29, 1.82) is 0 Å². The SMILES string of the molecule is c1ccc(-c2nc(-c3cccc(-c4cccc(-c5ccc(-c6ncccn6)cc5)c4)c3)nc(-c3cccc(-c4cccc(-c5ccc(-c6ncccn6)cc5)c4)c3)n2)cc1. The van der Waals surface area contributed by atoms with Crippen LogP contribution in [0.25, 0.3) is 101 Å². The summed E-state index contributed by atoms with van der Waals surface area (Å²) in [5, 5.41) is 0. The van der Waals surface area contributed by atoms with Crippen molar-refractivity contribution in [2.45, 2.75) is 0 Å². The zero-order chi connectivity index (χ0) is 40.1. The highest BCUT2D eigenvalue weighted by Crippen LogP contribution is 2.33. The lowest BCUT2D eigenvalue weighted by Crippen LogP contribution is -2.00. The fraction of sp³-hybridized carbons (Fsp3) is 0. The van der Waals surface area contributed by atoms with Gasteiger partial charge in [-0.2, -0.15) is 0 Å². The van der Waals surface area contributed by atoms with Crippen molar-refractivity contribution >= 4 is 0 Å². The summed E-state index contributed by atoms with van der Waals surface area (Å²) in [6.45, 7) is 0. The fourth-order valence-corrected chi connectivity index (χ4v) is 7.30. The van der Waals surface area contributed by atoms with E-state index in [-0.39, 0.29) is 0 Å². The van der Waals surface area contributed by atoms with Gasteiger partial charge < -0.3 is 0 Å². The summed E-state index contributed by atoms with van der Waals surface area (Å²) in [6, 6.07) is 64.4. The Balaban J connectivity index is 0.973. The Kier molecular flexibility index (Phi) is 9.79. The first-order valence-corrected chi connectivity index (χ1v) is 19.7. The van der Waals surface area contributed by atoms with Crippen LogP contribution in [0.4, 0.5) is 0 Å². The van der Waals surface area contributed by atoms with Crippen LogP contribution >= 0.6 is 0 Å². The fourth-order valence-electron chi connectivity index (χ4n) is 7.30. The second kappa shape index (κ2) is 16.3. The number of hydrogen-bond donors (Lipinski definition) is 0. The van der Waals surface area contributed by atoms with Crippen LogP contribution in [0.15, 0.2) is 213 Å². The first kappa shape index (κ1) is 36.1. The van der Waals surface area contributed by atoms with Gasteiger partial charge in [-0.1, -0.05) is 152 Å². The Bertz CT molecular complexity index is 2880. The summed E-state index contributed by atoms with van der Waals surface area (Å²) >= 11 is 0. The third-order valence-corrected chi connectivity index (χ3v) is 10.4. The quantitative estimate of drug-likeness (QED) is 0.144. The molecule has 282 valence electrons. The van der Waals surface area contributed by atoms with E-state index in [1.807, 2.05) is 42.5 Å².